The first-order valence-corrected chi connectivity index (χ1v) is 11.0. The molecule has 0 fully saturated rings. The zero-order chi connectivity index (χ0) is 27.1. The van der Waals surface area contributed by atoms with E-state index in [1.165, 1.54) is 12.1 Å². The molecule has 2 aromatic carbocycles. The van der Waals surface area contributed by atoms with E-state index in [0.717, 1.165) is 30.3 Å². The fraction of sp³-hybridized carbons (Fsp3) is 0.417. The lowest BCUT2D eigenvalue weighted by Crippen LogP contribution is -2.51. The fourth-order valence-electron chi connectivity index (χ4n) is 3.09. The fourth-order valence-corrected chi connectivity index (χ4v) is 3.09. The molecule has 0 radical (unpaired) electrons. The Morgan fingerprint density at radius 1 is 1.08 bits per heavy atom. The van der Waals surface area contributed by atoms with Crippen molar-refractivity contribution in [3.63, 3.8) is 0 Å². The first-order chi connectivity index (χ1) is 16.7. The van der Waals surface area contributed by atoms with Crippen molar-refractivity contribution in [2.75, 3.05) is 13.6 Å². The minimum Gasteiger partial charge on any atom is -0.508 e. The van der Waals surface area contributed by atoms with E-state index in [0.29, 0.717) is 6.54 Å². The summed E-state index contributed by atoms with van der Waals surface area (Å²) in [6.45, 7) is 6.18. The van der Waals surface area contributed by atoms with E-state index in [1.807, 2.05) is 20.8 Å². The van der Waals surface area contributed by atoms with Crippen LogP contribution in [-0.2, 0) is 6.18 Å². The summed E-state index contributed by atoms with van der Waals surface area (Å²) in [5.74, 6) is -1.89. The number of nitrogens with one attached hydrogen (secondary N) is 3. The van der Waals surface area contributed by atoms with Crippen LogP contribution in [0.25, 0.3) is 0 Å². The minimum atomic E-state index is -4.54. The number of nitroso groups, excluding NO2 is 1. The summed E-state index contributed by atoms with van der Waals surface area (Å²) >= 11 is 0. The molecular formula is C24H29F4N5O3. The molecule has 2 aromatic rings. The van der Waals surface area contributed by atoms with Crippen LogP contribution in [0.5, 0.6) is 5.75 Å². The SMILES string of the molecule is CNC(CC(N=O)c1ccc(O)cc1F)N/C(=N\C(=O)c1ccc(C(F)(F)F)cc1)NCC(C)(C)C. The number of hydrogen-bond donors (Lipinski definition) is 4. The summed E-state index contributed by atoms with van der Waals surface area (Å²) in [5.41, 5.74) is -1.19. The van der Waals surface area contributed by atoms with Crippen molar-refractivity contribution in [2.24, 2.45) is 15.6 Å². The van der Waals surface area contributed by atoms with E-state index in [9.17, 15) is 32.4 Å². The number of aromatic hydroxyl groups is 1. The maximum absolute atomic E-state index is 14.3. The topological polar surface area (TPSA) is 115 Å². The molecule has 196 valence electrons. The average molecular weight is 512 g/mol. The van der Waals surface area contributed by atoms with Gasteiger partial charge in [0.25, 0.3) is 5.91 Å². The zero-order valence-corrected chi connectivity index (χ0v) is 20.3. The van der Waals surface area contributed by atoms with Gasteiger partial charge in [0.1, 0.15) is 17.6 Å². The lowest BCUT2D eigenvalue weighted by molar-refractivity contribution is -0.137. The van der Waals surface area contributed by atoms with Gasteiger partial charge in [0.15, 0.2) is 0 Å². The Kier molecular flexibility index (Phi) is 9.51. The number of halogens is 4. The quantitative estimate of drug-likeness (QED) is 0.134. The van der Waals surface area contributed by atoms with Crippen molar-refractivity contribution < 1.29 is 27.5 Å². The normalized spacial score (nSPS) is 14.2. The number of phenols is 1. The number of aliphatic imine (C=N–C) groups is 1. The van der Waals surface area contributed by atoms with E-state index in [-0.39, 0.29) is 34.7 Å². The molecule has 0 bridgehead atoms. The van der Waals surface area contributed by atoms with Crippen molar-refractivity contribution in [1.29, 1.82) is 0 Å². The number of hydrogen-bond acceptors (Lipinski definition) is 5. The molecule has 0 aliphatic heterocycles. The summed E-state index contributed by atoms with van der Waals surface area (Å²) in [6.07, 6.45) is -5.30. The number of rotatable bonds is 8. The van der Waals surface area contributed by atoms with E-state index in [1.54, 1.807) is 7.05 Å². The van der Waals surface area contributed by atoms with Crippen LogP contribution >= 0.6 is 0 Å². The minimum absolute atomic E-state index is 0.00463. The predicted octanol–water partition coefficient (Wildman–Crippen LogP) is 4.71. The van der Waals surface area contributed by atoms with Crippen LogP contribution in [0, 0.1) is 16.1 Å². The lowest BCUT2D eigenvalue weighted by Gasteiger charge is -2.26. The van der Waals surface area contributed by atoms with Gasteiger partial charge in [-0.2, -0.15) is 23.1 Å². The van der Waals surface area contributed by atoms with Gasteiger partial charge in [-0.1, -0.05) is 32.0 Å². The Labute approximate surface area is 206 Å². The number of carbonyl (C=O) groups excluding carboxylic acids is 1. The van der Waals surface area contributed by atoms with Gasteiger partial charge in [-0.3, -0.25) is 4.79 Å². The molecule has 2 unspecified atom stereocenters. The Balaban J connectivity index is 2.27. The third kappa shape index (κ3) is 8.59. The molecule has 36 heavy (non-hydrogen) atoms. The first-order valence-electron chi connectivity index (χ1n) is 11.0. The molecule has 2 atom stereocenters. The highest BCUT2D eigenvalue weighted by Gasteiger charge is 2.30. The molecule has 0 aromatic heterocycles. The Hall–Kier alpha value is -3.54. The van der Waals surface area contributed by atoms with Gasteiger partial charge >= 0.3 is 6.18 Å². The van der Waals surface area contributed by atoms with E-state index < -0.39 is 35.7 Å². The molecule has 0 spiro atoms. The molecular weight excluding hydrogens is 482 g/mol. The van der Waals surface area contributed by atoms with Crippen LogP contribution in [-0.4, -0.2) is 36.7 Å². The second-order valence-electron chi connectivity index (χ2n) is 9.30. The first kappa shape index (κ1) is 28.7. The van der Waals surface area contributed by atoms with Crippen LogP contribution < -0.4 is 16.0 Å². The van der Waals surface area contributed by atoms with Gasteiger partial charge < -0.3 is 21.1 Å². The molecule has 2 rings (SSSR count). The summed E-state index contributed by atoms with van der Waals surface area (Å²) < 4.78 is 52.7. The maximum atomic E-state index is 14.3. The second kappa shape index (κ2) is 11.9. The lowest BCUT2D eigenvalue weighted by atomic mass is 9.97. The van der Waals surface area contributed by atoms with Crippen molar-refractivity contribution in [3.8, 4) is 5.75 Å². The smallest absolute Gasteiger partial charge is 0.416 e. The average Bonchev–Trinajstić information content (AvgIpc) is 2.79. The molecule has 0 saturated carbocycles. The number of nitrogens with zero attached hydrogens (tertiary/aromatic N) is 2. The highest BCUT2D eigenvalue weighted by molar-refractivity contribution is 6.02. The zero-order valence-electron chi connectivity index (χ0n) is 20.3. The predicted molar refractivity (Wildman–Crippen MR) is 128 cm³/mol. The van der Waals surface area contributed by atoms with Crippen molar-refractivity contribution in [2.45, 2.75) is 45.6 Å². The van der Waals surface area contributed by atoms with E-state index in [2.05, 4.69) is 26.1 Å². The molecule has 4 N–H and O–H groups in total. The molecule has 0 aliphatic carbocycles. The number of guanidine groups is 1. The van der Waals surface area contributed by atoms with Crippen LogP contribution in [0.1, 0.15) is 54.7 Å². The van der Waals surface area contributed by atoms with Crippen molar-refractivity contribution in [3.05, 3.63) is 69.9 Å². The number of phenolic OH excluding ortho intramolecular Hbond substituents is 1. The highest BCUT2D eigenvalue weighted by atomic mass is 19.4. The molecule has 1 amide bonds. The van der Waals surface area contributed by atoms with Crippen molar-refractivity contribution in [1.82, 2.24) is 16.0 Å². The van der Waals surface area contributed by atoms with Gasteiger partial charge in [-0.15, -0.1) is 0 Å². The number of benzene rings is 2. The second-order valence-corrected chi connectivity index (χ2v) is 9.30. The molecule has 0 saturated heterocycles. The maximum Gasteiger partial charge on any atom is 0.416 e. The summed E-state index contributed by atoms with van der Waals surface area (Å²) in [5, 5.41) is 21.2. The van der Waals surface area contributed by atoms with Gasteiger partial charge in [0, 0.05) is 30.2 Å². The monoisotopic (exact) mass is 511 g/mol. The van der Waals surface area contributed by atoms with Crippen LogP contribution in [0.15, 0.2) is 52.6 Å². The largest absolute Gasteiger partial charge is 0.508 e. The number of carbonyl (C=O) groups is 1. The summed E-state index contributed by atoms with van der Waals surface area (Å²) in [6, 6.07) is 5.88. The molecule has 0 heterocycles. The van der Waals surface area contributed by atoms with Gasteiger partial charge in [-0.05, 0) is 42.8 Å². The summed E-state index contributed by atoms with van der Waals surface area (Å²) in [7, 11) is 1.56. The van der Waals surface area contributed by atoms with Crippen LogP contribution in [0.2, 0.25) is 0 Å². The van der Waals surface area contributed by atoms with Gasteiger partial charge in [0.05, 0.1) is 11.7 Å². The third-order valence-corrected chi connectivity index (χ3v) is 5.05. The van der Waals surface area contributed by atoms with Crippen LogP contribution in [0.3, 0.4) is 0 Å². The number of alkyl halides is 3. The molecule has 0 aliphatic rings. The van der Waals surface area contributed by atoms with E-state index >= 15 is 0 Å². The molecule has 12 heteroatoms. The number of amides is 1. The van der Waals surface area contributed by atoms with Gasteiger partial charge in [-0.25, -0.2) is 4.39 Å². The van der Waals surface area contributed by atoms with E-state index in [4.69, 9.17) is 0 Å². The Morgan fingerprint density at radius 3 is 2.22 bits per heavy atom. The summed E-state index contributed by atoms with van der Waals surface area (Å²) in [4.78, 5) is 28.1. The van der Waals surface area contributed by atoms with Crippen molar-refractivity contribution >= 4 is 11.9 Å². The Morgan fingerprint density at radius 2 is 1.72 bits per heavy atom. The highest BCUT2D eigenvalue weighted by Crippen LogP contribution is 2.29. The Bertz CT molecular complexity index is 1080. The van der Waals surface area contributed by atoms with Crippen LogP contribution in [0.4, 0.5) is 17.6 Å². The van der Waals surface area contributed by atoms with Gasteiger partial charge in [0.2, 0.25) is 5.96 Å². The molecule has 8 nitrogen and oxygen atoms in total. The third-order valence-electron chi connectivity index (χ3n) is 5.05. The standard InChI is InChI=1S/C24H29F4N5O3/c1-23(2,3)13-30-22(32-21(35)14-5-7-15(8-6-14)24(26,27)28)31-20(29-4)12-19(33-36)17-10-9-16(34)11-18(17)25/h5-11,19-20,29,34H,12-13H2,1-4H3,(H2,30,31,32,35).